The van der Waals surface area contributed by atoms with Gasteiger partial charge in [-0.3, -0.25) is 0 Å². The van der Waals surface area contributed by atoms with E-state index >= 15 is 0 Å². The summed E-state index contributed by atoms with van der Waals surface area (Å²) in [6, 6.07) is 0. The Bertz CT molecular complexity index is 174. The maximum absolute atomic E-state index is 5.78. The Morgan fingerprint density at radius 1 is 1.07 bits per heavy atom. The van der Waals surface area contributed by atoms with Crippen molar-refractivity contribution >= 4 is 8.56 Å². The van der Waals surface area contributed by atoms with Gasteiger partial charge in [-0.25, -0.2) is 0 Å². The van der Waals surface area contributed by atoms with Gasteiger partial charge >= 0.3 is 8.56 Å². The van der Waals surface area contributed by atoms with Gasteiger partial charge in [-0.1, -0.05) is 26.3 Å². The van der Waals surface area contributed by atoms with Gasteiger partial charge in [-0.2, -0.15) is 0 Å². The predicted molar refractivity (Wildman–Crippen MR) is 68.2 cm³/mol. The number of unbranched alkanes of at least 4 members (excludes halogenated alkanes) is 2. The summed E-state index contributed by atoms with van der Waals surface area (Å²) in [7, 11) is -2.10. The highest BCUT2D eigenvalue weighted by molar-refractivity contribution is 6.73. The molecule has 0 amide bonds. The van der Waals surface area contributed by atoms with E-state index in [1.165, 1.54) is 24.5 Å². The molecule has 0 heterocycles. The topological polar surface area (TPSA) is 18.5 Å². The van der Waals surface area contributed by atoms with Gasteiger partial charge in [0.05, 0.1) is 0 Å². The Kier molecular flexibility index (Phi) is 8.01. The zero-order chi connectivity index (χ0) is 11.7. The third-order valence-corrected chi connectivity index (χ3v) is 5.78. The van der Waals surface area contributed by atoms with Crippen molar-refractivity contribution in [2.45, 2.75) is 53.0 Å². The maximum atomic E-state index is 5.78. The van der Waals surface area contributed by atoms with Gasteiger partial charge < -0.3 is 8.85 Å². The Morgan fingerprint density at radius 2 is 1.60 bits per heavy atom. The molecule has 0 atom stereocenters. The van der Waals surface area contributed by atoms with Crippen LogP contribution in [0.5, 0.6) is 0 Å². The number of hydrogen-bond donors (Lipinski definition) is 0. The van der Waals surface area contributed by atoms with Gasteiger partial charge in [0.15, 0.2) is 0 Å². The third kappa shape index (κ3) is 5.49. The van der Waals surface area contributed by atoms with Crippen LogP contribution in [0.2, 0.25) is 6.55 Å². The van der Waals surface area contributed by atoms with E-state index in [2.05, 4.69) is 20.0 Å². The molecule has 0 N–H and O–H groups in total. The molecule has 0 aliphatic heterocycles. The summed E-state index contributed by atoms with van der Waals surface area (Å²) < 4.78 is 11.6. The number of rotatable bonds is 9. The minimum Gasteiger partial charge on any atom is -0.392 e. The maximum Gasteiger partial charge on any atom is 0.364 e. The molecule has 0 aromatic heterocycles. The zero-order valence-electron chi connectivity index (χ0n) is 10.8. The average molecular weight is 230 g/mol. The molecule has 0 aliphatic carbocycles. The summed E-state index contributed by atoms with van der Waals surface area (Å²) in [5, 5.41) is 1.19. The second-order valence-corrected chi connectivity index (χ2v) is 7.05. The van der Waals surface area contributed by atoms with E-state index < -0.39 is 8.56 Å². The minimum absolute atomic E-state index is 0.718. The van der Waals surface area contributed by atoms with Gasteiger partial charge in [0, 0.05) is 13.2 Å². The van der Waals surface area contributed by atoms with E-state index in [1.54, 1.807) is 0 Å². The van der Waals surface area contributed by atoms with Crippen LogP contribution < -0.4 is 0 Å². The van der Waals surface area contributed by atoms with Crippen LogP contribution in [0.3, 0.4) is 0 Å². The van der Waals surface area contributed by atoms with Crippen LogP contribution in [0.4, 0.5) is 0 Å². The fourth-order valence-corrected chi connectivity index (χ4v) is 3.84. The highest BCUT2D eigenvalue weighted by atomic mass is 28.4. The lowest BCUT2D eigenvalue weighted by molar-refractivity contribution is 0.196. The SMILES string of the molecule is C=C(CCCCC)[Si](C)(OCC)OCC. The molecule has 0 saturated carbocycles. The molecule has 0 saturated heterocycles. The monoisotopic (exact) mass is 230 g/mol. The van der Waals surface area contributed by atoms with E-state index in [-0.39, 0.29) is 0 Å². The van der Waals surface area contributed by atoms with Crippen molar-refractivity contribution in [3.8, 4) is 0 Å². The van der Waals surface area contributed by atoms with E-state index in [4.69, 9.17) is 8.85 Å². The summed E-state index contributed by atoms with van der Waals surface area (Å²) in [6.07, 6.45) is 4.77. The average Bonchev–Trinajstić information content (AvgIpc) is 2.18. The first kappa shape index (κ1) is 14.9. The van der Waals surface area contributed by atoms with Crippen LogP contribution in [0.1, 0.15) is 46.5 Å². The van der Waals surface area contributed by atoms with E-state index in [1.807, 2.05) is 13.8 Å². The van der Waals surface area contributed by atoms with Crippen molar-refractivity contribution in [2.24, 2.45) is 0 Å². The summed E-state index contributed by atoms with van der Waals surface area (Å²) in [5.41, 5.74) is 0. The summed E-state index contributed by atoms with van der Waals surface area (Å²) in [6.45, 7) is 13.9. The molecule has 0 aromatic carbocycles. The Morgan fingerprint density at radius 3 is 2.00 bits per heavy atom. The lowest BCUT2D eigenvalue weighted by Crippen LogP contribution is -2.41. The largest absolute Gasteiger partial charge is 0.392 e. The quantitative estimate of drug-likeness (QED) is 0.443. The molecule has 0 spiro atoms. The van der Waals surface area contributed by atoms with Crippen molar-refractivity contribution in [1.29, 1.82) is 0 Å². The summed E-state index contributed by atoms with van der Waals surface area (Å²) in [5.74, 6) is 0. The smallest absolute Gasteiger partial charge is 0.364 e. The Balaban J connectivity index is 4.15. The van der Waals surface area contributed by atoms with Crippen LogP contribution in [-0.2, 0) is 8.85 Å². The first-order chi connectivity index (χ1) is 7.10. The third-order valence-electron chi connectivity index (χ3n) is 2.56. The molecular weight excluding hydrogens is 204 g/mol. The van der Waals surface area contributed by atoms with Crippen molar-refractivity contribution in [1.82, 2.24) is 0 Å². The van der Waals surface area contributed by atoms with Gasteiger partial charge in [0.1, 0.15) is 0 Å². The molecule has 0 unspecified atom stereocenters. The van der Waals surface area contributed by atoms with Gasteiger partial charge in [0.25, 0.3) is 0 Å². The van der Waals surface area contributed by atoms with Crippen molar-refractivity contribution < 1.29 is 8.85 Å². The first-order valence-corrected chi connectivity index (χ1v) is 8.38. The molecule has 0 rings (SSSR count). The second-order valence-electron chi connectivity index (χ2n) is 3.87. The highest BCUT2D eigenvalue weighted by Gasteiger charge is 2.33. The lowest BCUT2D eigenvalue weighted by Gasteiger charge is -2.28. The number of hydrogen-bond acceptors (Lipinski definition) is 2. The van der Waals surface area contributed by atoms with Crippen LogP contribution in [0.25, 0.3) is 0 Å². The second kappa shape index (κ2) is 8.08. The molecule has 0 fully saturated rings. The summed E-state index contributed by atoms with van der Waals surface area (Å²) in [4.78, 5) is 0. The highest BCUT2D eigenvalue weighted by Crippen LogP contribution is 2.21. The first-order valence-electron chi connectivity index (χ1n) is 6.06. The minimum atomic E-state index is -2.10. The summed E-state index contributed by atoms with van der Waals surface area (Å²) >= 11 is 0. The fraction of sp³-hybridized carbons (Fsp3) is 0.833. The molecule has 15 heavy (non-hydrogen) atoms. The van der Waals surface area contributed by atoms with Crippen molar-refractivity contribution in [2.75, 3.05) is 13.2 Å². The predicted octanol–water partition coefficient (Wildman–Crippen LogP) is 3.81. The van der Waals surface area contributed by atoms with E-state index in [0.29, 0.717) is 0 Å². The van der Waals surface area contributed by atoms with E-state index in [0.717, 1.165) is 19.6 Å². The standard InChI is InChI=1S/C12H26O2Si/c1-6-9-10-11-12(4)15(5,13-7-2)14-8-3/h4,6-11H2,1-3,5H3. The van der Waals surface area contributed by atoms with E-state index in [9.17, 15) is 0 Å². The molecule has 0 aromatic rings. The molecule has 90 valence electrons. The number of allylic oxidation sites excluding steroid dienone is 1. The van der Waals surface area contributed by atoms with Crippen LogP contribution in [0, 0.1) is 0 Å². The molecule has 2 nitrogen and oxygen atoms in total. The fourth-order valence-electron chi connectivity index (χ4n) is 1.61. The molecule has 0 radical (unpaired) electrons. The van der Waals surface area contributed by atoms with Crippen LogP contribution in [-0.4, -0.2) is 21.8 Å². The normalized spacial score (nSPS) is 11.7. The Hall–Kier alpha value is -0.123. The van der Waals surface area contributed by atoms with Gasteiger partial charge in [0.2, 0.25) is 0 Å². The molecule has 3 heteroatoms. The zero-order valence-corrected chi connectivity index (χ0v) is 11.8. The van der Waals surface area contributed by atoms with Crippen LogP contribution >= 0.6 is 0 Å². The molecular formula is C12H26O2Si. The van der Waals surface area contributed by atoms with Gasteiger partial charge in [-0.15, -0.1) is 0 Å². The molecule has 0 bridgehead atoms. The van der Waals surface area contributed by atoms with Crippen LogP contribution in [0.15, 0.2) is 11.8 Å². The molecule has 0 aliphatic rings. The van der Waals surface area contributed by atoms with Crippen molar-refractivity contribution in [3.63, 3.8) is 0 Å². The lowest BCUT2D eigenvalue weighted by atomic mass is 10.2. The van der Waals surface area contributed by atoms with Gasteiger partial charge in [-0.05, 0) is 38.4 Å². The Labute approximate surface area is 95.9 Å². The van der Waals surface area contributed by atoms with Crippen molar-refractivity contribution in [3.05, 3.63) is 11.8 Å².